The number of amides is 2. The van der Waals surface area contributed by atoms with Crippen LogP contribution in [0, 0.1) is 37.5 Å². The molecule has 3 aliphatic heterocycles. The van der Waals surface area contributed by atoms with Gasteiger partial charge in [0.25, 0.3) is 0 Å². The molecule has 0 aliphatic carbocycles. The molecule has 1 N–H and O–H groups in total. The van der Waals surface area contributed by atoms with E-state index in [0.29, 0.717) is 36.9 Å². The molecule has 3 saturated heterocycles. The fourth-order valence-electron chi connectivity index (χ4n) is 8.65. The third-order valence-corrected chi connectivity index (χ3v) is 14.3. The summed E-state index contributed by atoms with van der Waals surface area (Å²) in [7, 11) is 4.21. The summed E-state index contributed by atoms with van der Waals surface area (Å²) in [6.07, 6.45) is 22.3. The summed E-state index contributed by atoms with van der Waals surface area (Å²) in [5.41, 5.74) is 6.76. The number of pyridine rings is 1. The number of ketones is 1. The van der Waals surface area contributed by atoms with Gasteiger partial charge in [-0.25, -0.2) is 4.98 Å². The number of carbonyl (C=O) groups excluding carboxylic acids is 4. The Bertz CT molecular complexity index is 2360. The van der Waals surface area contributed by atoms with Gasteiger partial charge in [-0.1, -0.05) is 97.4 Å². The maximum atomic E-state index is 12.5. The highest BCUT2D eigenvalue weighted by atomic mass is 16.5. The van der Waals surface area contributed by atoms with E-state index in [9.17, 15) is 14.4 Å². The molecule has 73 heavy (non-hydrogen) atoms. The van der Waals surface area contributed by atoms with Crippen LogP contribution in [0.25, 0.3) is 18.2 Å². The zero-order valence-corrected chi connectivity index (χ0v) is 47.2. The molecule has 402 valence electrons. The second kappa shape index (κ2) is 32.7. The van der Waals surface area contributed by atoms with Crippen LogP contribution >= 0.6 is 0 Å². The van der Waals surface area contributed by atoms with Crippen molar-refractivity contribution in [3.63, 3.8) is 0 Å². The van der Waals surface area contributed by atoms with Crippen LogP contribution < -0.4 is 30.3 Å². The molecule has 0 radical (unpaired) electrons. The average molecular weight is 1000 g/mol. The van der Waals surface area contributed by atoms with Crippen LogP contribution in [0.3, 0.4) is 0 Å². The van der Waals surface area contributed by atoms with E-state index in [1.807, 2.05) is 45.2 Å². The molecule has 3 aromatic rings. The molecule has 0 bridgehead atoms. The van der Waals surface area contributed by atoms with Crippen molar-refractivity contribution in [2.45, 2.75) is 153 Å². The lowest BCUT2D eigenvalue weighted by molar-refractivity contribution is -0.135. The molecule has 4 atom stereocenters. The Labute approximate surface area is 440 Å². The number of hydrogen-bond donors (Lipinski definition) is 1. The van der Waals surface area contributed by atoms with E-state index in [0.717, 1.165) is 107 Å². The minimum atomic E-state index is -0.141. The summed E-state index contributed by atoms with van der Waals surface area (Å²) in [5.74, 6) is 3.07. The van der Waals surface area contributed by atoms with E-state index in [2.05, 4.69) is 143 Å². The van der Waals surface area contributed by atoms with Gasteiger partial charge in [0.1, 0.15) is 17.9 Å². The summed E-state index contributed by atoms with van der Waals surface area (Å²) >= 11 is 0. The molecular formula is C62H93N5O6. The number of piperidine rings is 2. The van der Waals surface area contributed by atoms with E-state index in [1.54, 1.807) is 0 Å². The maximum absolute atomic E-state index is 12.5. The van der Waals surface area contributed by atoms with Gasteiger partial charge in [0, 0.05) is 81.2 Å². The number of benzene rings is 2. The lowest BCUT2D eigenvalue weighted by Gasteiger charge is -2.43. The minimum Gasteiger partial charge on any atom is -0.494 e. The normalized spacial score (nSPS) is 17.9. The Morgan fingerprint density at radius 1 is 0.904 bits per heavy atom. The quantitative estimate of drug-likeness (QED) is 0.0507. The van der Waals surface area contributed by atoms with Crippen LogP contribution in [0.5, 0.6) is 5.75 Å². The number of aryl methyl sites for hydroxylation is 2. The van der Waals surface area contributed by atoms with Crippen molar-refractivity contribution in [2.24, 2.45) is 23.7 Å². The monoisotopic (exact) mass is 1000 g/mol. The first-order valence-electron chi connectivity index (χ1n) is 27.3. The van der Waals surface area contributed by atoms with Crippen LogP contribution in [-0.4, -0.2) is 99.4 Å². The first-order valence-corrected chi connectivity index (χ1v) is 27.3. The van der Waals surface area contributed by atoms with E-state index < -0.39 is 0 Å². The average Bonchev–Trinajstić information content (AvgIpc) is 3.36. The van der Waals surface area contributed by atoms with Gasteiger partial charge in [-0.05, 0) is 156 Å². The van der Waals surface area contributed by atoms with Crippen molar-refractivity contribution in [2.75, 3.05) is 63.2 Å². The molecule has 1 aromatic heterocycles. The number of aldehydes is 1. The van der Waals surface area contributed by atoms with Crippen LogP contribution in [0.15, 0.2) is 66.9 Å². The number of nitrogens with one attached hydrogen (secondary N) is 1. The van der Waals surface area contributed by atoms with Crippen molar-refractivity contribution in [3.8, 4) is 5.75 Å². The number of imide groups is 1. The van der Waals surface area contributed by atoms with E-state index in [-0.39, 0.29) is 29.4 Å². The summed E-state index contributed by atoms with van der Waals surface area (Å²) in [6, 6.07) is 14.6. The summed E-state index contributed by atoms with van der Waals surface area (Å²) < 4.78 is 12.4. The number of ether oxygens (including phenoxy) is 2. The first-order chi connectivity index (χ1) is 34.9. The van der Waals surface area contributed by atoms with Gasteiger partial charge in [-0.15, -0.1) is 0 Å². The smallest absolute Gasteiger partial charge is 0.229 e. The van der Waals surface area contributed by atoms with Gasteiger partial charge in [-0.3, -0.25) is 19.7 Å². The van der Waals surface area contributed by atoms with Crippen molar-refractivity contribution in [1.82, 2.24) is 15.2 Å². The van der Waals surface area contributed by atoms with E-state index in [1.165, 1.54) is 52.6 Å². The van der Waals surface area contributed by atoms with Gasteiger partial charge in [0.05, 0.1) is 18.8 Å². The second-order valence-electron chi connectivity index (χ2n) is 20.5. The number of Topliss-reactive ketones (excluding diaryl/α,β-unsaturated/α-hetero) is 1. The second-order valence-corrected chi connectivity index (χ2v) is 20.5. The zero-order valence-electron chi connectivity index (χ0n) is 47.2. The van der Waals surface area contributed by atoms with Gasteiger partial charge in [0.15, 0.2) is 5.78 Å². The molecule has 11 heteroatoms. The third-order valence-electron chi connectivity index (χ3n) is 14.3. The highest BCUT2D eigenvalue weighted by Crippen LogP contribution is 2.27. The topological polar surface area (TPSA) is 121 Å². The number of likely N-dealkylation sites (tertiary alicyclic amines) is 1. The summed E-state index contributed by atoms with van der Waals surface area (Å²) in [4.78, 5) is 54.2. The Morgan fingerprint density at radius 3 is 2.18 bits per heavy atom. The Hall–Kier alpha value is -5.39. The van der Waals surface area contributed by atoms with Gasteiger partial charge in [0.2, 0.25) is 11.8 Å². The van der Waals surface area contributed by atoms with Crippen LogP contribution in [-0.2, 0) is 19.1 Å². The number of unbranched alkanes of at least 4 members (excludes halogenated alkanes) is 2. The minimum absolute atomic E-state index is 0.0164. The van der Waals surface area contributed by atoms with Crippen LogP contribution in [0.4, 0.5) is 11.5 Å². The fraction of sp³-hybridized carbons (Fsp3) is 0.565. The summed E-state index contributed by atoms with van der Waals surface area (Å²) in [5, 5.41) is 4.87. The largest absolute Gasteiger partial charge is 0.494 e. The predicted octanol–water partition coefficient (Wildman–Crippen LogP) is 11.1. The zero-order chi connectivity index (χ0) is 54.0. The highest BCUT2D eigenvalue weighted by molar-refractivity contribution is 5.99. The number of aromatic nitrogens is 1. The Kier molecular flexibility index (Phi) is 27.7. The van der Waals surface area contributed by atoms with Crippen molar-refractivity contribution in [1.29, 1.82) is 0 Å². The molecule has 3 aliphatic rings. The first kappa shape index (κ1) is 61.9. The molecule has 0 saturated carbocycles. The van der Waals surface area contributed by atoms with Gasteiger partial charge >= 0.3 is 0 Å². The standard InChI is InChI=1S/C34H49N3O3.C20H31N.C6H9NO2.C2H4O/c1-6-11-28-21-33(35-22-27(28)5)37-23-31(24-37)40-29-14-17-36(18-15-29)16-9-8-10-19-39-30-12-13-32(26(4)20-30)34(38)25(3)7-2;1-8-15(3)13-18-11-10-12-20(21(6)7)19(18)14-17(5)16(4)9-2;1-4-2-3-5(8)7-6(4)9;1-2-3/h6,11-13,20-22,25,29,31H,7-10,14-19,23-24H2,1-5H3;10-16H,5,8-9H2,1-4,6-7H3;4H,2-3H2,1H3,(H,7,8,9);2H,1H3/b11-6-;18-13-,19-14+;;. The fourth-order valence-corrected chi connectivity index (χ4v) is 8.65. The Balaban J connectivity index is 0.000000352. The van der Waals surface area contributed by atoms with E-state index in [4.69, 9.17) is 14.3 Å². The number of carbonyl (C=O) groups is 4. The molecule has 2 aromatic carbocycles. The number of rotatable bonds is 20. The molecule has 3 fully saturated rings. The number of anilines is 2. The van der Waals surface area contributed by atoms with Crippen LogP contribution in [0.2, 0.25) is 0 Å². The third kappa shape index (κ3) is 20.8. The molecule has 11 nitrogen and oxygen atoms in total. The molecule has 2 amide bonds. The number of allylic oxidation sites excluding steroid dienone is 2. The molecule has 4 heterocycles. The van der Waals surface area contributed by atoms with Gasteiger partial charge < -0.3 is 29.0 Å². The molecule has 6 rings (SSSR count). The maximum Gasteiger partial charge on any atom is 0.229 e. The Morgan fingerprint density at radius 2 is 1.59 bits per heavy atom. The van der Waals surface area contributed by atoms with E-state index >= 15 is 0 Å². The molecule has 0 spiro atoms. The van der Waals surface area contributed by atoms with Gasteiger partial charge in [-0.2, -0.15) is 0 Å². The summed E-state index contributed by atoms with van der Waals surface area (Å²) in [6.45, 7) is 32.7. The number of hydrogen-bond acceptors (Lipinski definition) is 10. The predicted molar refractivity (Wildman–Crippen MR) is 305 cm³/mol. The van der Waals surface area contributed by atoms with Crippen molar-refractivity contribution in [3.05, 3.63) is 99.6 Å². The van der Waals surface area contributed by atoms with Crippen molar-refractivity contribution >= 4 is 53.6 Å². The van der Waals surface area contributed by atoms with Crippen molar-refractivity contribution < 1.29 is 28.7 Å². The lowest BCUT2D eigenvalue weighted by Crippen LogP contribution is -2.54. The molecular weight excluding hydrogens is 911 g/mol. The van der Waals surface area contributed by atoms with Crippen LogP contribution in [0.1, 0.15) is 154 Å². The lowest BCUT2D eigenvalue weighted by atomic mass is 9.94. The number of nitrogens with zero attached hydrogens (tertiary/aromatic N) is 4. The molecule has 4 unspecified atom stereocenters. The SMILES string of the molecule is C/C=C\c1cc(N2CC(OC3CCN(CCCCCOc4ccc(C(=O)C(C)CC)c(C)c4)CC3)C2)ncc1C.C=C(/C=c1/c(N(C)C)ccc/c1=C/C(C)CC)C(C)CC.CC1CCC(=O)NC1=O.CC=O. The highest BCUT2D eigenvalue weighted by Gasteiger charge is 2.32.